The molecule has 0 heterocycles. The number of rotatable bonds is 6. The van der Waals surface area contributed by atoms with Gasteiger partial charge < -0.3 is 9.47 Å². The van der Waals surface area contributed by atoms with Crippen LogP contribution in [0.4, 0.5) is 5.69 Å². The molecule has 0 amide bonds. The number of esters is 1. The molecule has 9 heteroatoms. The van der Waals surface area contributed by atoms with Crippen LogP contribution in [-0.2, 0) is 4.79 Å². The minimum Gasteiger partial charge on any atom is -0.481 e. The predicted octanol–water partition coefficient (Wildman–Crippen LogP) is 3.92. The Labute approximate surface area is 153 Å². The van der Waals surface area contributed by atoms with Gasteiger partial charge in [-0.05, 0) is 40.2 Å². The lowest BCUT2D eigenvalue weighted by Gasteiger charge is -2.09. The Kier molecular flexibility index (Phi) is 6.04. The van der Waals surface area contributed by atoms with E-state index >= 15 is 0 Å². The molecule has 0 radical (unpaired) electrons. The first-order valence-electron chi connectivity index (χ1n) is 6.43. The van der Waals surface area contributed by atoms with Gasteiger partial charge in [-0.15, -0.1) is 0 Å². The molecule has 0 N–H and O–H groups in total. The van der Waals surface area contributed by atoms with Crippen LogP contribution in [0.25, 0.3) is 0 Å². The molecule has 0 atom stereocenters. The van der Waals surface area contributed by atoms with Gasteiger partial charge in [-0.3, -0.25) is 14.9 Å². The normalized spacial score (nSPS) is 10.1. The quantitative estimate of drug-likeness (QED) is 0.214. The van der Waals surface area contributed by atoms with Crippen LogP contribution in [0.1, 0.15) is 10.4 Å². The standard InChI is InChI=1S/C15H9Br2NO6/c16-10-1-3-14(12(17)6-10)23-8-15(20)24-13-4-2-11(18(21)22)5-9(13)7-19/h1-7H,8H2. The van der Waals surface area contributed by atoms with Crippen LogP contribution in [-0.4, -0.2) is 23.8 Å². The van der Waals surface area contributed by atoms with Gasteiger partial charge in [-0.25, -0.2) is 4.79 Å². The number of carbonyl (C=O) groups excluding carboxylic acids is 2. The van der Waals surface area contributed by atoms with E-state index in [2.05, 4.69) is 31.9 Å². The smallest absolute Gasteiger partial charge is 0.349 e. The summed E-state index contributed by atoms with van der Waals surface area (Å²) < 4.78 is 11.8. The maximum atomic E-state index is 11.8. The van der Waals surface area contributed by atoms with Crippen LogP contribution in [0.15, 0.2) is 45.3 Å². The maximum Gasteiger partial charge on any atom is 0.349 e. The number of benzene rings is 2. The van der Waals surface area contributed by atoms with Gasteiger partial charge in [0.2, 0.25) is 0 Å². The van der Waals surface area contributed by atoms with Crippen molar-refractivity contribution in [2.24, 2.45) is 0 Å². The van der Waals surface area contributed by atoms with E-state index in [4.69, 9.17) is 9.47 Å². The lowest BCUT2D eigenvalue weighted by Crippen LogP contribution is -2.18. The third kappa shape index (κ3) is 4.62. The Morgan fingerprint density at radius 2 is 1.88 bits per heavy atom. The molecule has 0 aliphatic rings. The van der Waals surface area contributed by atoms with Crippen molar-refractivity contribution in [2.75, 3.05) is 6.61 Å². The summed E-state index contributed by atoms with van der Waals surface area (Å²) in [6.07, 6.45) is 0.377. The van der Waals surface area contributed by atoms with Crippen molar-refractivity contribution in [1.29, 1.82) is 0 Å². The van der Waals surface area contributed by atoms with Crippen molar-refractivity contribution >= 4 is 49.8 Å². The molecule has 0 saturated carbocycles. The van der Waals surface area contributed by atoms with E-state index < -0.39 is 17.5 Å². The minimum absolute atomic E-state index is 0.0703. The van der Waals surface area contributed by atoms with Crippen molar-refractivity contribution in [3.63, 3.8) is 0 Å². The van der Waals surface area contributed by atoms with Gasteiger partial charge in [0, 0.05) is 16.6 Å². The van der Waals surface area contributed by atoms with E-state index in [-0.39, 0.29) is 17.0 Å². The van der Waals surface area contributed by atoms with Crippen LogP contribution >= 0.6 is 31.9 Å². The first-order valence-corrected chi connectivity index (χ1v) is 8.01. The molecule has 7 nitrogen and oxygen atoms in total. The molecule has 0 fully saturated rings. The number of nitro groups is 1. The maximum absolute atomic E-state index is 11.8. The van der Waals surface area contributed by atoms with E-state index in [0.29, 0.717) is 16.5 Å². The lowest BCUT2D eigenvalue weighted by molar-refractivity contribution is -0.384. The molecule has 0 bridgehead atoms. The fraction of sp³-hybridized carbons (Fsp3) is 0.0667. The summed E-state index contributed by atoms with van der Waals surface area (Å²) in [6, 6.07) is 8.51. The van der Waals surface area contributed by atoms with Gasteiger partial charge in [0.1, 0.15) is 11.5 Å². The van der Waals surface area contributed by atoms with Crippen LogP contribution in [0.5, 0.6) is 11.5 Å². The zero-order valence-electron chi connectivity index (χ0n) is 11.9. The van der Waals surface area contributed by atoms with E-state index in [9.17, 15) is 19.7 Å². The average molecular weight is 459 g/mol. The Bertz CT molecular complexity index is 809. The largest absolute Gasteiger partial charge is 0.481 e. The fourth-order valence-electron chi connectivity index (χ4n) is 1.72. The monoisotopic (exact) mass is 457 g/mol. The number of carbonyl (C=O) groups is 2. The number of halogens is 2. The molecule has 24 heavy (non-hydrogen) atoms. The first kappa shape index (κ1) is 18.1. The lowest BCUT2D eigenvalue weighted by atomic mass is 10.2. The van der Waals surface area contributed by atoms with Crippen molar-refractivity contribution < 1.29 is 24.0 Å². The van der Waals surface area contributed by atoms with E-state index in [1.807, 2.05) is 0 Å². The summed E-state index contributed by atoms with van der Waals surface area (Å²) in [4.78, 5) is 32.8. The van der Waals surface area contributed by atoms with Crippen molar-refractivity contribution in [3.8, 4) is 11.5 Å². The molecular formula is C15H9Br2NO6. The second-order valence-corrected chi connectivity index (χ2v) is 6.20. The number of hydrogen-bond acceptors (Lipinski definition) is 6. The molecule has 2 aromatic rings. The van der Waals surface area contributed by atoms with Crippen LogP contribution in [0.3, 0.4) is 0 Å². The number of ether oxygens (including phenoxy) is 2. The highest BCUT2D eigenvalue weighted by molar-refractivity contribution is 9.11. The van der Waals surface area contributed by atoms with Gasteiger partial charge in [0.15, 0.2) is 12.9 Å². The molecular weight excluding hydrogens is 450 g/mol. The van der Waals surface area contributed by atoms with Gasteiger partial charge in [-0.1, -0.05) is 15.9 Å². The minimum atomic E-state index is -0.748. The predicted molar refractivity (Wildman–Crippen MR) is 91.5 cm³/mol. The zero-order valence-corrected chi connectivity index (χ0v) is 15.1. The second-order valence-electron chi connectivity index (χ2n) is 4.43. The molecule has 0 aromatic heterocycles. The Morgan fingerprint density at radius 3 is 2.50 bits per heavy atom. The van der Waals surface area contributed by atoms with Crippen molar-refractivity contribution in [1.82, 2.24) is 0 Å². The van der Waals surface area contributed by atoms with Gasteiger partial charge in [-0.2, -0.15) is 0 Å². The summed E-state index contributed by atoms with van der Waals surface area (Å²) >= 11 is 6.59. The number of non-ortho nitro benzene ring substituents is 1. The van der Waals surface area contributed by atoms with E-state index in [0.717, 1.165) is 16.6 Å². The van der Waals surface area contributed by atoms with Gasteiger partial charge in [0.25, 0.3) is 5.69 Å². The van der Waals surface area contributed by atoms with Crippen LogP contribution in [0.2, 0.25) is 0 Å². The van der Waals surface area contributed by atoms with E-state index in [1.165, 1.54) is 6.07 Å². The number of nitro benzene ring substituents is 1. The number of aldehydes is 1. The van der Waals surface area contributed by atoms with Crippen molar-refractivity contribution in [3.05, 3.63) is 61.0 Å². The molecule has 0 aliphatic carbocycles. The summed E-state index contributed by atoms with van der Waals surface area (Å²) in [6.45, 7) is -0.393. The van der Waals surface area contributed by atoms with Crippen LogP contribution in [0, 0.1) is 10.1 Å². The summed E-state index contributed by atoms with van der Waals surface area (Å²) in [5.41, 5.74) is -0.366. The summed E-state index contributed by atoms with van der Waals surface area (Å²) in [5.74, 6) is -0.379. The third-order valence-electron chi connectivity index (χ3n) is 2.79. The van der Waals surface area contributed by atoms with Crippen LogP contribution < -0.4 is 9.47 Å². The Hall–Kier alpha value is -2.26. The molecule has 2 aromatic carbocycles. The third-order valence-corrected chi connectivity index (χ3v) is 3.91. The summed E-state index contributed by atoms with van der Waals surface area (Å²) in [5, 5.41) is 10.7. The Balaban J connectivity index is 2.04. The molecule has 0 aliphatic heterocycles. The molecule has 0 unspecified atom stereocenters. The van der Waals surface area contributed by atoms with Gasteiger partial charge in [0.05, 0.1) is 15.0 Å². The number of hydrogen-bond donors (Lipinski definition) is 0. The SMILES string of the molecule is O=Cc1cc([N+](=O)[O-])ccc1OC(=O)COc1ccc(Br)cc1Br. The number of nitrogens with zero attached hydrogens (tertiary/aromatic N) is 1. The summed E-state index contributed by atoms with van der Waals surface area (Å²) in [7, 11) is 0. The molecule has 124 valence electrons. The second kappa shape index (κ2) is 8.02. The highest BCUT2D eigenvalue weighted by Crippen LogP contribution is 2.28. The Morgan fingerprint density at radius 1 is 1.17 bits per heavy atom. The van der Waals surface area contributed by atoms with Crippen molar-refractivity contribution in [2.45, 2.75) is 0 Å². The molecule has 2 rings (SSSR count). The first-order chi connectivity index (χ1) is 11.4. The molecule has 0 saturated heterocycles. The zero-order chi connectivity index (χ0) is 17.7. The average Bonchev–Trinajstić information content (AvgIpc) is 2.54. The topological polar surface area (TPSA) is 95.7 Å². The molecule has 0 spiro atoms. The highest BCUT2D eigenvalue weighted by Gasteiger charge is 2.15. The van der Waals surface area contributed by atoms with Gasteiger partial charge >= 0.3 is 5.97 Å². The fourth-order valence-corrected chi connectivity index (χ4v) is 2.88. The highest BCUT2D eigenvalue weighted by atomic mass is 79.9. The van der Waals surface area contributed by atoms with E-state index in [1.54, 1.807) is 18.2 Å².